The summed E-state index contributed by atoms with van der Waals surface area (Å²) >= 11 is 0. The molecule has 2 rings (SSSR count). The second-order valence-corrected chi connectivity index (χ2v) is 9.79. The van der Waals surface area contributed by atoms with Crippen molar-refractivity contribution in [3.8, 4) is 0 Å². The van der Waals surface area contributed by atoms with Crippen LogP contribution in [-0.2, 0) is 20.0 Å². The minimum atomic E-state index is -3.72. The summed E-state index contributed by atoms with van der Waals surface area (Å²) in [5, 5.41) is 0. The van der Waals surface area contributed by atoms with Crippen molar-refractivity contribution in [2.75, 3.05) is 19.3 Å². The molecule has 1 aromatic rings. The SMILES string of the molecule is Cc1ccc(S(=O)(=O)N2CCN(S(C)(=O)=O)[C@H]2C(C)C)cc1. The van der Waals surface area contributed by atoms with Gasteiger partial charge >= 0.3 is 0 Å². The number of aryl methyl sites for hydroxylation is 1. The summed E-state index contributed by atoms with van der Waals surface area (Å²) in [4.78, 5) is 0.194. The Labute approximate surface area is 132 Å². The quantitative estimate of drug-likeness (QED) is 0.822. The van der Waals surface area contributed by atoms with Gasteiger partial charge in [-0.05, 0) is 25.0 Å². The zero-order valence-electron chi connectivity index (χ0n) is 13.2. The highest BCUT2D eigenvalue weighted by Crippen LogP contribution is 2.30. The molecule has 0 unspecified atom stereocenters. The molecule has 1 fully saturated rings. The molecule has 0 amide bonds. The minimum absolute atomic E-state index is 0.141. The van der Waals surface area contributed by atoms with Crippen molar-refractivity contribution in [3.05, 3.63) is 29.8 Å². The van der Waals surface area contributed by atoms with Crippen molar-refractivity contribution >= 4 is 20.0 Å². The highest BCUT2D eigenvalue weighted by Gasteiger charge is 2.45. The lowest BCUT2D eigenvalue weighted by atomic mass is 10.2. The van der Waals surface area contributed by atoms with Crippen LogP contribution in [0.4, 0.5) is 0 Å². The third-order valence-electron chi connectivity index (χ3n) is 3.78. The lowest BCUT2D eigenvalue weighted by Gasteiger charge is -2.31. The first-order chi connectivity index (χ1) is 10.0. The molecule has 0 radical (unpaired) electrons. The second-order valence-electron chi connectivity index (χ2n) is 5.96. The molecule has 0 bridgehead atoms. The number of sulfonamides is 2. The molecule has 6 nitrogen and oxygen atoms in total. The molecule has 0 N–H and O–H groups in total. The highest BCUT2D eigenvalue weighted by molar-refractivity contribution is 7.89. The zero-order chi connectivity index (χ0) is 16.7. The summed E-state index contributed by atoms with van der Waals surface area (Å²) < 4.78 is 52.1. The van der Waals surface area contributed by atoms with Gasteiger partial charge in [0.2, 0.25) is 20.0 Å². The molecule has 1 heterocycles. The molecule has 0 saturated carbocycles. The van der Waals surface area contributed by atoms with Gasteiger partial charge in [0.15, 0.2) is 0 Å². The molecule has 0 aromatic heterocycles. The number of rotatable bonds is 4. The summed E-state index contributed by atoms with van der Waals surface area (Å²) in [6, 6.07) is 6.60. The van der Waals surface area contributed by atoms with E-state index in [9.17, 15) is 16.8 Å². The van der Waals surface area contributed by atoms with E-state index in [1.54, 1.807) is 24.3 Å². The van der Waals surface area contributed by atoms with Crippen LogP contribution in [0.15, 0.2) is 29.2 Å². The number of hydrogen-bond donors (Lipinski definition) is 0. The van der Waals surface area contributed by atoms with Crippen LogP contribution in [-0.4, -0.2) is 51.0 Å². The van der Waals surface area contributed by atoms with E-state index in [2.05, 4.69) is 0 Å². The molecular weight excluding hydrogens is 324 g/mol. The molecule has 22 heavy (non-hydrogen) atoms. The van der Waals surface area contributed by atoms with Gasteiger partial charge in [0.25, 0.3) is 0 Å². The molecule has 1 aromatic carbocycles. The fourth-order valence-corrected chi connectivity index (χ4v) is 5.68. The van der Waals surface area contributed by atoms with Crippen molar-refractivity contribution in [1.82, 2.24) is 8.61 Å². The van der Waals surface area contributed by atoms with Crippen LogP contribution in [0, 0.1) is 12.8 Å². The summed E-state index contributed by atoms with van der Waals surface area (Å²) in [5.74, 6) is -0.141. The van der Waals surface area contributed by atoms with Crippen molar-refractivity contribution in [1.29, 1.82) is 0 Å². The van der Waals surface area contributed by atoms with Crippen LogP contribution in [0.1, 0.15) is 19.4 Å². The number of hydrogen-bond acceptors (Lipinski definition) is 4. The summed E-state index contributed by atoms with van der Waals surface area (Å²) in [6.45, 7) is 5.89. The van der Waals surface area contributed by atoms with E-state index < -0.39 is 26.2 Å². The van der Waals surface area contributed by atoms with Gasteiger partial charge in [0.05, 0.1) is 17.3 Å². The minimum Gasteiger partial charge on any atom is -0.212 e. The fraction of sp³-hybridized carbons (Fsp3) is 0.571. The first-order valence-corrected chi connectivity index (χ1v) is 10.4. The summed E-state index contributed by atoms with van der Waals surface area (Å²) in [5.41, 5.74) is 0.971. The van der Waals surface area contributed by atoms with Crippen molar-refractivity contribution in [3.63, 3.8) is 0 Å². The van der Waals surface area contributed by atoms with E-state index in [0.29, 0.717) is 0 Å². The average molecular weight is 346 g/mol. The maximum absolute atomic E-state index is 12.8. The van der Waals surface area contributed by atoms with Crippen LogP contribution in [0.5, 0.6) is 0 Å². The number of benzene rings is 1. The van der Waals surface area contributed by atoms with Crippen LogP contribution in [0.25, 0.3) is 0 Å². The van der Waals surface area contributed by atoms with Gasteiger partial charge in [0.1, 0.15) is 0 Å². The van der Waals surface area contributed by atoms with Crippen molar-refractivity contribution in [2.24, 2.45) is 5.92 Å². The molecule has 1 aliphatic heterocycles. The Morgan fingerprint density at radius 1 is 1.00 bits per heavy atom. The second kappa shape index (κ2) is 5.92. The van der Waals surface area contributed by atoms with Gasteiger partial charge in [-0.2, -0.15) is 8.61 Å². The monoisotopic (exact) mass is 346 g/mol. The van der Waals surface area contributed by atoms with Crippen LogP contribution in [0.3, 0.4) is 0 Å². The third-order valence-corrected chi connectivity index (χ3v) is 6.92. The first kappa shape index (κ1) is 17.4. The topological polar surface area (TPSA) is 74.8 Å². The number of nitrogens with zero attached hydrogens (tertiary/aromatic N) is 2. The largest absolute Gasteiger partial charge is 0.244 e. The summed E-state index contributed by atoms with van der Waals surface area (Å²) in [6.07, 6.45) is 0.436. The molecular formula is C14H22N2O4S2. The molecule has 0 aliphatic carbocycles. The van der Waals surface area contributed by atoms with Gasteiger partial charge in [-0.3, -0.25) is 0 Å². The Balaban J connectivity index is 2.44. The molecule has 1 aliphatic rings. The molecule has 1 atom stereocenters. The Kier molecular flexibility index (Phi) is 4.68. The van der Waals surface area contributed by atoms with Crippen LogP contribution >= 0.6 is 0 Å². The van der Waals surface area contributed by atoms with E-state index in [1.165, 1.54) is 8.61 Å². The van der Waals surface area contributed by atoms with Gasteiger partial charge in [-0.1, -0.05) is 31.5 Å². The van der Waals surface area contributed by atoms with E-state index in [4.69, 9.17) is 0 Å². The zero-order valence-corrected chi connectivity index (χ0v) is 14.9. The van der Waals surface area contributed by atoms with E-state index in [0.717, 1.165) is 11.8 Å². The summed E-state index contributed by atoms with van der Waals surface area (Å²) in [7, 11) is -7.17. The van der Waals surface area contributed by atoms with E-state index in [-0.39, 0.29) is 23.9 Å². The van der Waals surface area contributed by atoms with E-state index in [1.807, 2.05) is 20.8 Å². The van der Waals surface area contributed by atoms with Crippen LogP contribution in [0.2, 0.25) is 0 Å². The first-order valence-electron chi connectivity index (χ1n) is 7.10. The predicted molar refractivity (Wildman–Crippen MR) is 85.2 cm³/mol. The van der Waals surface area contributed by atoms with Gasteiger partial charge in [-0.15, -0.1) is 0 Å². The third kappa shape index (κ3) is 3.19. The van der Waals surface area contributed by atoms with Gasteiger partial charge in [-0.25, -0.2) is 16.8 Å². The standard InChI is InChI=1S/C14H22N2O4S2/c1-11(2)14-15(21(4,17)18)9-10-16(14)22(19,20)13-7-5-12(3)6-8-13/h5-8,11,14H,9-10H2,1-4H3/t14-/m1/s1. The van der Waals surface area contributed by atoms with Gasteiger partial charge in [0, 0.05) is 13.1 Å². The molecule has 8 heteroatoms. The lowest BCUT2D eigenvalue weighted by molar-refractivity contribution is 0.220. The predicted octanol–water partition coefficient (Wildman–Crippen LogP) is 1.24. The molecule has 1 saturated heterocycles. The molecule has 0 spiro atoms. The smallest absolute Gasteiger partial charge is 0.212 e. The Morgan fingerprint density at radius 3 is 1.95 bits per heavy atom. The van der Waals surface area contributed by atoms with Crippen LogP contribution < -0.4 is 0 Å². The fourth-order valence-electron chi connectivity index (χ4n) is 2.74. The van der Waals surface area contributed by atoms with E-state index >= 15 is 0 Å². The van der Waals surface area contributed by atoms with Crippen molar-refractivity contribution < 1.29 is 16.8 Å². The Bertz CT molecular complexity index is 740. The molecule has 124 valence electrons. The lowest BCUT2D eigenvalue weighted by Crippen LogP contribution is -2.47. The maximum Gasteiger partial charge on any atom is 0.244 e. The van der Waals surface area contributed by atoms with Gasteiger partial charge < -0.3 is 0 Å². The normalized spacial score (nSPS) is 21.6. The maximum atomic E-state index is 12.8. The van der Waals surface area contributed by atoms with Crippen molar-refractivity contribution in [2.45, 2.75) is 31.8 Å². The average Bonchev–Trinajstić information content (AvgIpc) is 2.84. The Hall–Kier alpha value is -0.960. The Morgan fingerprint density at radius 2 is 1.50 bits per heavy atom. The highest BCUT2D eigenvalue weighted by atomic mass is 32.2.